The van der Waals surface area contributed by atoms with Gasteiger partial charge in [0.25, 0.3) is 0 Å². The number of ether oxygens (including phenoxy) is 1. The number of nitrogens with zero attached hydrogens (tertiary/aromatic N) is 3. The van der Waals surface area contributed by atoms with Crippen molar-refractivity contribution in [1.29, 1.82) is 0 Å². The van der Waals surface area contributed by atoms with E-state index in [4.69, 9.17) is 39.1 Å². The number of fused-ring (bicyclic) bond motifs is 2. The predicted octanol–water partition coefficient (Wildman–Crippen LogP) is 1.89. The van der Waals surface area contributed by atoms with Crippen LogP contribution in [0.5, 0.6) is 0 Å². The van der Waals surface area contributed by atoms with Crippen molar-refractivity contribution in [3.8, 4) is 0 Å². The summed E-state index contributed by atoms with van der Waals surface area (Å²) in [7, 11) is 1.34. The normalized spacial score (nSPS) is 15.5. The summed E-state index contributed by atoms with van der Waals surface area (Å²) in [6.45, 7) is 17.3. The number of nitrogens with two attached hydrogens (primary N) is 6. The maximum absolute atomic E-state index is 14.5. The number of esters is 1. The van der Waals surface area contributed by atoms with Gasteiger partial charge < -0.3 is 91.9 Å². The molecule has 9 atom stereocenters. The van der Waals surface area contributed by atoms with Crippen molar-refractivity contribution in [2.45, 2.75) is 205 Å². The molecule has 0 spiro atoms. The zero-order chi connectivity index (χ0) is 81.9. The first-order valence-electron chi connectivity index (χ1n) is 40.3. The maximum atomic E-state index is 14.5. The zero-order valence-corrected chi connectivity index (χ0v) is 67.3. The second kappa shape index (κ2) is 51.8. The quantitative estimate of drug-likeness (QED) is 0.0222. The van der Waals surface area contributed by atoms with Crippen molar-refractivity contribution >= 4 is 59.1 Å². The fraction of sp³-hybridized carbons (Fsp3) is 0.590. The summed E-state index contributed by atoms with van der Waals surface area (Å²) in [5.74, 6) is -5.23. The summed E-state index contributed by atoms with van der Waals surface area (Å²) in [4.78, 5) is 146. The number of methoxy groups -OCH3 is 1. The smallest absolute Gasteiger partial charge is 0.337 e. The molecule has 4 aromatic rings. The Morgan fingerprint density at radius 2 is 0.634 bits per heavy atom. The molecule has 1 aliphatic heterocycles. The molecule has 0 unspecified atom stereocenters. The fourth-order valence-corrected chi connectivity index (χ4v) is 13.0. The van der Waals surface area contributed by atoms with Crippen molar-refractivity contribution in [1.82, 2.24) is 62.6 Å². The average Bonchev–Trinajstić information content (AvgIpc) is 0.850. The largest absolute Gasteiger partial charge is 0.465 e. The van der Waals surface area contributed by atoms with E-state index in [2.05, 4.69) is 68.6 Å². The number of unbranched alkanes of at least 4 members (excludes halogenated alkanes) is 3. The standard InChI is InChI=1S/C83H132N18O11/c1-56(2)71(87)80(108)93-65(32-17-20-35-84)77(105)96-68(51-59-26-11-8-12-27-59)74(102)90-38-23-41-99-44-46-100(42-24-39-91-75(103)69(52-60-28-13-9-14-29-60)97-78(106)66(33-18-21-36-85)94-81(109)72(88)57(3)4)54-62-48-63(50-64(49-62)83(111)112-7)55-101(47-45-99)43-25-40-92-76(104)70(53-61-30-15-10-16-31-61)98-79(107)67(34-19-22-37-86)95-82(110)73(89)58(5)6/h8-16,26-31,48-50,56-58,65-73H,17-25,32-47,51-55,84-89H2,1-7H3,(H,90,102)(H,91,103)(H,92,104)(H,93,108)(H,94,109)(H,95,110)(H,96,105)(H,97,106)(H,98,107)/t65-,66-,67-,68-,69-,70-,71-,72-,73-/m0/s1. The SMILES string of the molecule is COC(=O)c1cc2cc(c1)CN(CCCNC(=O)[C@H](Cc1ccccc1)NC(=O)[C@H](CCCCN)NC(=O)[C@@H](N)C(C)C)CCN(CCCNC(=O)[C@H](Cc1ccccc1)NC(=O)[C@H](CCCCN)NC(=O)[C@@H](N)C(C)C)CCN(CCCNC(=O)[C@H](Cc1ccccc1)NC(=O)[C@H](CCCCN)NC(=O)[C@@H](N)C(C)C)C2. The third-order valence-electron chi connectivity index (χ3n) is 20.2. The number of nitrogens with one attached hydrogen (secondary N) is 9. The van der Waals surface area contributed by atoms with E-state index in [1.165, 1.54) is 7.11 Å². The number of rotatable bonds is 49. The molecule has 4 aromatic carbocycles. The second-order valence-corrected chi connectivity index (χ2v) is 30.5. The number of carbonyl (C=O) groups excluding carboxylic acids is 10. The number of hydrogen-bond acceptors (Lipinski definition) is 20. The Kier molecular flexibility index (Phi) is 43.4. The van der Waals surface area contributed by atoms with E-state index in [0.29, 0.717) is 155 Å². The van der Waals surface area contributed by atoms with Crippen LogP contribution >= 0.6 is 0 Å². The highest BCUT2D eigenvalue weighted by molar-refractivity contribution is 5.95. The van der Waals surface area contributed by atoms with Gasteiger partial charge in [-0.3, -0.25) is 53.0 Å². The molecular formula is C83H132N18O11. The number of hydrogen-bond donors (Lipinski definition) is 15. The average molecular weight is 1560 g/mol. The molecule has 21 N–H and O–H groups in total. The molecular weight excluding hydrogens is 1430 g/mol. The molecule has 1 aliphatic rings. The first-order chi connectivity index (χ1) is 53.7. The van der Waals surface area contributed by atoms with Gasteiger partial charge in [0.15, 0.2) is 0 Å². The van der Waals surface area contributed by atoms with Crippen LogP contribution in [0.15, 0.2) is 109 Å². The van der Waals surface area contributed by atoms with Crippen LogP contribution < -0.4 is 82.3 Å². The first-order valence-corrected chi connectivity index (χ1v) is 40.3. The van der Waals surface area contributed by atoms with E-state index in [0.717, 1.165) is 27.8 Å². The highest BCUT2D eigenvalue weighted by Crippen LogP contribution is 2.20. The topological polar surface area (TPSA) is 454 Å². The zero-order valence-electron chi connectivity index (χ0n) is 67.3. The van der Waals surface area contributed by atoms with E-state index in [-0.39, 0.29) is 63.1 Å². The summed E-state index contributed by atoms with van der Waals surface area (Å²) in [5, 5.41) is 26.6. The molecule has 0 aromatic heterocycles. The molecule has 0 fully saturated rings. The third kappa shape index (κ3) is 34.7. The van der Waals surface area contributed by atoms with Crippen molar-refractivity contribution < 1.29 is 52.7 Å². The van der Waals surface area contributed by atoms with Crippen molar-refractivity contribution in [2.24, 2.45) is 52.2 Å². The van der Waals surface area contributed by atoms with Gasteiger partial charge in [-0.25, -0.2) is 4.79 Å². The molecule has 9 amide bonds. The third-order valence-corrected chi connectivity index (χ3v) is 20.2. The highest BCUT2D eigenvalue weighted by atomic mass is 16.5. The lowest BCUT2D eigenvalue weighted by molar-refractivity contribution is -0.132. The van der Waals surface area contributed by atoms with Gasteiger partial charge in [0.1, 0.15) is 36.3 Å². The van der Waals surface area contributed by atoms with Crippen molar-refractivity contribution in [2.75, 3.05) is 92.2 Å². The summed E-state index contributed by atoms with van der Waals surface area (Å²) in [6.07, 6.45) is 6.41. The lowest BCUT2D eigenvalue weighted by Crippen LogP contribution is -2.57. The summed E-state index contributed by atoms with van der Waals surface area (Å²) in [6, 6.07) is 25.3. The molecule has 5 rings (SSSR count). The summed E-state index contributed by atoms with van der Waals surface area (Å²) >= 11 is 0. The lowest BCUT2D eigenvalue weighted by atomic mass is 10.0. The van der Waals surface area contributed by atoms with Gasteiger partial charge in [0.05, 0.1) is 30.8 Å². The Labute approximate surface area is 663 Å². The monoisotopic (exact) mass is 1560 g/mol. The minimum absolute atomic E-state index is 0.176. The van der Waals surface area contributed by atoms with Gasteiger partial charge in [-0.1, -0.05) is 139 Å². The van der Waals surface area contributed by atoms with Crippen LogP contribution in [0.25, 0.3) is 0 Å². The van der Waals surface area contributed by atoms with Crippen LogP contribution in [0.1, 0.15) is 157 Å². The number of amides is 9. The molecule has 29 nitrogen and oxygen atoms in total. The van der Waals surface area contributed by atoms with E-state index >= 15 is 0 Å². The summed E-state index contributed by atoms with van der Waals surface area (Å²) < 4.78 is 5.30. The van der Waals surface area contributed by atoms with E-state index in [1.807, 2.05) is 145 Å². The second-order valence-electron chi connectivity index (χ2n) is 30.5. The minimum atomic E-state index is -1.00. The van der Waals surface area contributed by atoms with E-state index < -0.39 is 114 Å². The van der Waals surface area contributed by atoms with Crippen LogP contribution in [0.3, 0.4) is 0 Å². The molecule has 29 heteroatoms. The number of carbonyl (C=O) groups is 10. The Balaban J connectivity index is 1.42. The first kappa shape index (κ1) is 93.8. The van der Waals surface area contributed by atoms with Crippen molar-refractivity contribution in [3.05, 3.63) is 143 Å². The van der Waals surface area contributed by atoms with E-state index in [9.17, 15) is 47.9 Å². The van der Waals surface area contributed by atoms with Gasteiger partial charge in [-0.2, -0.15) is 0 Å². The Morgan fingerprint density at radius 1 is 0.357 bits per heavy atom. The molecule has 0 radical (unpaired) electrons. The predicted molar refractivity (Wildman–Crippen MR) is 437 cm³/mol. The molecule has 1 heterocycles. The Bertz CT molecular complexity index is 3350. The Morgan fingerprint density at radius 3 is 0.911 bits per heavy atom. The maximum Gasteiger partial charge on any atom is 0.337 e. The lowest BCUT2D eigenvalue weighted by Gasteiger charge is -2.32. The molecule has 620 valence electrons. The summed E-state index contributed by atoms with van der Waals surface area (Å²) in [5.41, 5.74) is 40.6. The van der Waals surface area contributed by atoms with Gasteiger partial charge in [-0.05, 0) is 161 Å². The molecule has 2 bridgehead atoms. The van der Waals surface area contributed by atoms with E-state index in [1.54, 1.807) is 0 Å². The highest BCUT2D eigenvalue weighted by Gasteiger charge is 2.33. The van der Waals surface area contributed by atoms with Crippen molar-refractivity contribution in [3.63, 3.8) is 0 Å². The van der Waals surface area contributed by atoms with Crippen LogP contribution in [-0.2, 0) is 80.2 Å². The fourth-order valence-electron chi connectivity index (χ4n) is 13.0. The van der Waals surface area contributed by atoms with Crippen LogP contribution in [0.4, 0.5) is 0 Å². The molecule has 0 saturated heterocycles. The van der Waals surface area contributed by atoms with Gasteiger partial charge in [0, 0.05) is 91.3 Å². The van der Waals surface area contributed by atoms with Crippen LogP contribution in [0.2, 0.25) is 0 Å². The van der Waals surface area contributed by atoms with Crippen LogP contribution in [0, 0.1) is 17.8 Å². The molecule has 112 heavy (non-hydrogen) atoms. The molecule has 0 aliphatic carbocycles. The minimum Gasteiger partial charge on any atom is -0.465 e. The van der Waals surface area contributed by atoms with Gasteiger partial charge in [0.2, 0.25) is 53.2 Å². The molecule has 0 saturated carbocycles. The van der Waals surface area contributed by atoms with Gasteiger partial charge >= 0.3 is 5.97 Å². The van der Waals surface area contributed by atoms with Gasteiger partial charge in [-0.15, -0.1) is 0 Å². The Hall–Kier alpha value is -8.78. The number of benzene rings is 4. The van der Waals surface area contributed by atoms with Crippen LogP contribution in [-0.4, -0.2) is 220 Å².